The normalized spacial score (nSPS) is 17.4. The summed E-state index contributed by atoms with van der Waals surface area (Å²) in [5.41, 5.74) is -0.155. The summed E-state index contributed by atoms with van der Waals surface area (Å²) in [7, 11) is 0. The number of carboxylic acid groups (broad SMARTS) is 1. The van der Waals surface area contributed by atoms with Gasteiger partial charge in [0.25, 0.3) is 0 Å². The molecule has 7 nitrogen and oxygen atoms in total. The average Bonchev–Trinajstić information content (AvgIpc) is 3.03. The fourth-order valence-electron chi connectivity index (χ4n) is 5.31. The molecule has 3 aromatic carbocycles. The maximum atomic E-state index is 14.7. The number of benzene rings is 3. The zero-order chi connectivity index (χ0) is 30.2. The van der Waals surface area contributed by atoms with Crippen LogP contribution < -0.4 is 15.0 Å². The molecule has 0 spiro atoms. The number of halogens is 4. The van der Waals surface area contributed by atoms with Crippen molar-refractivity contribution in [2.45, 2.75) is 32.0 Å². The Morgan fingerprint density at radius 1 is 1.07 bits per heavy atom. The second-order valence-electron chi connectivity index (χ2n) is 9.98. The fourth-order valence-corrected chi connectivity index (χ4v) is 5.48. The molecule has 1 aliphatic heterocycles. The van der Waals surface area contributed by atoms with Crippen molar-refractivity contribution in [2.24, 2.45) is 0 Å². The summed E-state index contributed by atoms with van der Waals surface area (Å²) in [5, 5.41) is 14.0. The third kappa shape index (κ3) is 5.43. The molecule has 0 unspecified atom stereocenters. The van der Waals surface area contributed by atoms with Gasteiger partial charge in [-0.15, -0.1) is 0 Å². The van der Waals surface area contributed by atoms with Gasteiger partial charge in [0.15, 0.2) is 0 Å². The van der Waals surface area contributed by atoms with Crippen molar-refractivity contribution < 1.29 is 32.6 Å². The van der Waals surface area contributed by atoms with E-state index in [1.807, 2.05) is 6.92 Å². The first kappa shape index (κ1) is 29.1. The number of nitrogens with zero attached hydrogens (tertiary/aromatic N) is 2. The molecule has 0 saturated heterocycles. The van der Waals surface area contributed by atoms with E-state index in [0.29, 0.717) is 23.4 Å². The molecule has 4 aromatic rings. The number of aryl methyl sites for hydroxylation is 2. The number of nitrogens with one attached hydrogen (secondary N) is 1. The Morgan fingerprint density at radius 2 is 1.76 bits per heavy atom. The van der Waals surface area contributed by atoms with Crippen LogP contribution in [0.2, 0.25) is 5.02 Å². The van der Waals surface area contributed by atoms with Gasteiger partial charge in [0.2, 0.25) is 17.9 Å². The van der Waals surface area contributed by atoms with Gasteiger partial charge in [-0.25, -0.2) is 22.9 Å². The molecular formula is C31H25ClF3N3O4. The Bertz CT molecular complexity index is 1640. The number of aromatic nitrogens is 1. The highest BCUT2D eigenvalue weighted by molar-refractivity contribution is 6.30. The molecule has 2 heterocycles. The van der Waals surface area contributed by atoms with Crippen LogP contribution in [0.5, 0.6) is 5.88 Å². The molecular weight excluding hydrogens is 571 g/mol. The highest BCUT2D eigenvalue weighted by atomic mass is 35.5. The highest BCUT2D eigenvalue weighted by Crippen LogP contribution is 2.44. The largest absolute Gasteiger partial charge is 0.478 e. The SMILES string of the molecule is Cc1cc(C)nc(O[C@H](C(=O)O)[C@@]2(c3ccccc3)NCC(=O)N(Cc3c(F)cc(F)cc3F)c3ccc(Cl)cc32)c1. The Labute approximate surface area is 244 Å². The molecule has 5 rings (SSSR count). The van der Waals surface area contributed by atoms with Gasteiger partial charge in [-0.3, -0.25) is 10.1 Å². The lowest BCUT2D eigenvalue weighted by atomic mass is 9.77. The highest BCUT2D eigenvalue weighted by Gasteiger charge is 2.52. The van der Waals surface area contributed by atoms with Crippen LogP contribution >= 0.6 is 11.6 Å². The van der Waals surface area contributed by atoms with Gasteiger partial charge in [-0.1, -0.05) is 41.9 Å². The smallest absolute Gasteiger partial charge is 0.347 e. The number of hydrogen-bond donors (Lipinski definition) is 2. The molecule has 0 aliphatic carbocycles. The minimum atomic E-state index is -1.75. The fraction of sp³-hybridized carbons (Fsp3) is 0.194. The molecule has 0 fully saturated rings. The van der Waals surface area contributed by atoms with E-state index < -0.39 is 59.6 Å². The average molecular weight is 596 g/mol. The molecule has 0 bridgehead atoms. The molecule has 0 saturated carbocycles. The van der Waals surface area contributed by atoms with Gasteiger partial charge in [0.1, 0.15) is 23.0 Å². The lowest BCUT2D eigenvalue weighted by Crippen LogP contribution is -2.58. The lowest BCUT2D eigenvalue weighted by Gasteiger charge is -2.40. The summed E-state index contributed by atoms with van der Waals surface area (Å²) in [6, 6.07) is 17.4. The third-order valence-corrected chi connectivity index (χ3v) is 7.31. The Hall–Kier alpha value is -4.41. The second kappa shape index (κ2) is 11.5. The number of rotatable bonds is 7. The van der Waals surface area contributed by atoms with Gasteiger partial charge in [0.05, 0.1) is 13.1 Å². The Balaban J connectivity index is 1.76. The minimum Gasteiger partial charge on any atom is -0.478 e. The van der Waals surface area contributed by atoms with Crippen LogP contribution in [0.25, 0.3) is 0 Å². The number of amides is 1. The van der Waals surface area contributed by atoms with Crippen molar-refractivity contribution in [3.05, 3.63) is 123 Å². The number of pyridine rings is 1. The molecule has 42 heavy (non-hydrogen) atoms. The first-order valence-electron chi connectivity index (χ1n) is 12.9. The molecule has 1 aliphatic rings. The number of hydrogen-bond acceptors (Lipinski definition) is 5. The van der Waals surface area contributed by atoms with E-state index in [0.717, 1.165) is 10.5 Å². The first-order valence-corrected chi connectivity index (χ1v) is 13.3. The maximum absolute atomic E-state index is 14.7. The van der Waals surface area contributed by atoms with Crippen molar-refractivity contribution in [3.63, 3.8) is 0 Å². The van der Waals surface area contributed by atoms with Gasteiger partial charge in [0, 0.05) is 45.7 Å². The van der Waals surface area contributed by atoms with Crippen molar-refractivity contribution >= 4 is 29.2 Å². The van der Waals surface area contributed by atoms with Crippen molar-refractivity contribution in [1.82, 2.24) is 10.3 Å². The van der Waals surface area contributed by atoms with Gasteiger partial charge in [-0.2, -0.15) is 0 Å². The number of anilines is 1. The molecule has 2 N–H and O–H groups in total. The second-order valence-corrected chi connectivity index (χ2v) is 10.4. The van der Waals surface area contributed by atoms with Crippen LogP contribution in [0, 0.1) is 31.3 Å². The molecule has 1 aromatic heterocycles. The van der Waals surface area contributed by atoms with Gasteiger partial charge in [-0.05, 0) is 49.2 Å². The van der Waals surface area contributed by atoms with Gasteiger partial charge < -0.3 is 14.7 Å². The summed E-state index contributed by atoms with van der Waals surface area (Å²) >= 11 is 6.45. The summed E-state index contributed by atoms with van der Waals surface area (Å²) in [6.45, 7) is 2.49. The van der Waals surface area contributed by atoms with Gasteiger partial charge >= 0.3 is 5.97 Å². The number of fused-ring (bicyclic) bond motifs is 1. The van der Waals surface area contributed by atoms with E-state index >= 15 is 0 Å². The summed E-state index contributed by atoms with van der Waals surface area (Å²) in [6.07, 6.45) is -1.71. The van der Waals surface area contributed by atoms with E-state index in [2.05, 4.69) is 10.3 Å². The van der Waals surface area contributed by atoms with Crippen LogP contribution in [0.1, 0.15) is 27.9 Å². The number of carboxylic acids is 1. The van der Waals surface area contributed by atoms with Crippen molar-refractivity contribution in [3.8, 4) is 5.88 Å². The van der Waals surface area contributed by atoms with Crippen molar-refractivity contribution in [2.75, 3.05) is 11.4 Å². The molecule has 11 heteroatoms. The Morgan fingerprint density at radius 3 is 2.40 bits per heavy atom. The van der Waals surface area contributed by atoms with E-state index in [1.165, 1.54) is 18.2 Å². The number of carbonyl (C=O) groups is 2. The number of aliphatic carboxylic acids is 1. The zero-order valence-corrected chi connectivity index (χ0v) is 23.3. The summed E-state index contributed by atoms with van der Waals surface area (Å²) < 4.78 is 49.2. The first-order chi connectivity index (χ1) is 20.0. The molecule has 0 radical (unpaired) electrons. The van der Waals surface area contributed by atoms with Crippen LogP contribution in [0.15, 0.2) is 72.8 Å². The molecule has 1 amide bonds. The number of ether oxygens (including phenoxy) is 1. The quantitative estimate of drug-likeness (QED) is 0.286. The standard InChI is InChI=1S/C31H25ClF3N3O4/c1-17-10-18(2)37-27(11-17)42-29(30(40)41)31(19-6-4-3-5-7-19)23-12-20(32)8-9-26(23)38(28(39)15-36-31)16-22-24(34)13-21(33)14-25(22)35/h3-14,29,36H,15-16H2,1-2H3,(H,40,41)/t29-,31+/m1/s1. The topological polar surface area (TPSA) is 91.8 Å². The molecule has 216 valence electrons. The van der Waals surface area contributed by atoms with Crippen LogP contribution in [0.4, 0.5) is 18.9 Å². The summed E-state index contributed by atoms with van der Waals surface area (Å²) in [5.74, 6) is -5.41. The summed E-state index contributed by atoms with van der Waals surface area (Å²) in [4.78, 5) is 32.2. The third-order valence-electron chi connectivity index (χ3n) is 7.08. The van der Waals surface area contributed by atoms with Crippen LogP contribution in [-0.2, 0) is 21.7 Å². The number of carbonyl (C=O) groups excluding carboxylic acids is 1. The lowest BCUT2D eigenvalue weighted by molar-refractivity contribution is -0.149. The van der Waals surface area contributed by atoms with E-state index in [-0.39, 0.29) is 22.2 Å². The Kier molecular flexibility index (Phi) is 7.94. The zero-order valence-electron chi connectivity index (χ0n) is 22.5. The van der Waals surface area contributed by atoms with E-state index in [4.69, 9.17) is 16.3 Å². The van der Waals surface area contributed by atoms with Crippen LogP contribution in [-0.4, -0.2) is 34.6 Å². The predicted octanol–water partition coefficient (Wildman–Crippen LogP) is 5.68. The predicted molar refractivity (Wildman–Crippen MR) is 150 cm³/mol. The maximum Gasteiger partial charge on any atom is 0.347 e. The van der Waals surface area contributed by atoms with E-state index in [9.17, 15) is 27.9 Å². The van der Waals surface area contributed by atoms with E-state index in [1.54, 1.807) is 49.4 Å². The van der Waals surface area contributed by atoms with Crippen LogP contribution in [0.3, 0.4) is 0 Å². The minimum absolute atomic E-state index is 0.0449. The monoisotopic (exact) mass is 595 g/mol. The molecule has 2 atom stereocenters. The van der Waals surface area contributed by atoms with Crippen molar-refractivity contribution in [1.29, 1.82) is 0 Å².